The number of carbonyl (C=O) groups is 1. The SMILES string of the molecule is Cc1cccc(C(=O)Nc2ccc3oc(-c4cncc(Br)c4)nc3c2)c1. The molecule has 0 atom stereocenters. The Morgan fingerprint density at radius 1 is 1.12 bits per heavy atom. The third-order valence-electron chi connectivity index (χ3n) is 3.88. The first-order valence-electron chi connectivity index (χ1n) is 7.98. The molecule has 0 spiro atoms. The molecule has 4 aromatic rings. The van der Waals surface area contributed by atoms with Gasteiger partial charge in [-0.3, -0.25) is 9.78 Å². The van der Waals surface area contributed by atoms with Crippen LogP contribution in [0.1, 0.15) is 15.9 Å². The Bertz CT molecular complexity index is 1120. The molecule has 1 amide bonds. The van der Waals surface area contributed by atoms with E-state index in [0.29, 0.717) is 28.2 Å². The molecule has 5 nitrogen and oxygen atoms in total. The van der Waals surface area contributed by atoms with Gasteiger partial charge in [0, 0.05) is 28.1 Å². The van der Waals surface area contributed by atoms with Gasteiger partial charge in [0.2, 0.25) is 5.89 Å². The number of aromatic nitrogens is 2. The van der Waals surface area contributed by atoms with Crippen LogP contribution < -0.4 is 5.32 Å². The van der Waals surface area contributed by atoms with Gasteiger partial charge >= 0.3 is 0 Å². The van der Waals surface area contributed by atoms with Gasteiger partial charge in [-0.2, -0.15) is 0 Å². The number of oxazole rings is 1. The first kappa shape index (κ1) is 16.5. The van der Waals surface area contributed by atoms with Gasteiger partial charge in [-0.1, -0.05) is 17.7 Å². The predicted octanol–water partition coefficient (Wildman–Crippen LogP) is 5.21. The van der Waals surface area contributed by atoms with Crippen molar-refractivity contribution in [1.82, 2.24) is 9.97 Å². The molecule has 0 aliphatic heterocycles. The van der Waals surface area contributed by atoms with Gasteiger partial charge in [0.05, 0.1) is 5.56 Å². The number of hydrogen-bond donors (Lipinski definition) is 1. The first-order chi connectivity index (χ1) is 12.6. The summed E-state index contributed by atoms with van der Waals surface area (Å²) in [7, 11) is 0. The van der Waals surface area contributed by atoms with Gasteiger partial charge in [0.25, 0.3) is 5.91 Å². The molecule has 0 aliphatic carbocycles. The van der Waals surface area contributed by atoms with Gasteiger partial charge in [0.15, 0.2) is 5.58 Å². The molecule has 1 N–H and O–H groups in total. The van der Waals surface area contributed by atoms with E-state index in [0.717, 1.165) is 15.6 Å². The Kier molecular flexibility index (Phi) is 4.26. The Morgan fingerprint density at radius 3 is 2.81 bits per heavy atom. The summed E-state index contributed by atoms with van der Waals surface area (Å²) in [6.07, 6.45) is 3.39. The van der Waals surface area contributed by atoms with Crippen molar-refractivity contribution in [3.63, 3.8) is 0 Å². The Labute approximate surface area is 158 Å². The number of aryl methyl sites for hydroxylation is 1. The molecule has 0 saturated heterocycles. The normalized spacial score (nSPS) is 10.8. The molecule has 0 fully saturated rings. The van der Waals surface area contributed by atoms with Crippen molar-refractivity contribution in [2.45, 2.75) is 6.92 Å². The summed E-state index contributed by atoms with van der Waals surface area (Å²) in [5.41, 5.74) is 4.41. The minimum absolute atomic E-state index is 0.159. The van der Waals surface area contributed by atoms with Crippen molar-refractivity contribution in [3.8, 4) is 11.5 Å². The molecule has 0 saturated carbocycles. The molecular weight excluding hydrogens is 394 g/mol. The molecule has 26 heavy (non-hydrogen) atoms. The highest BCUT2D eigenvalue weighted by atomic mass is 79.9. The van der Waals surface area contributed by atoms with E-state index < -0.39 is 0 Å². The van der Waals surface area contributed by atoms with E-state index >= 15 is 0 Å². The van der Waals surface area contributed by atoms with Gasteiger partial charge in [-0.05, 0) is 59.3 Å². The van der Waals surface area contributed by atoms with Crippen molar-refractivity contribution >= 4 is 38.6 Å². The second-order valence-corrected chi connectivity index (χ2v) is 6.83. The average Bonchev–Trinajstić information content (AvgIpc) is 3.05. The highest BCUT2D eigenvalue weighted by Gasteiger charge is 2.11. The van der Waals surface area contributed by atoms with E-state index in [1.165, 1.54) is 0 Å². The van der Waals surface area contributed by atoms with E-state index in [9.17, 15) is 4.79 Å². The number of hydrogen-bond acceptors (Lipinski definition) is 4. The van der Waals surface area contributed by atoms with Crippen molar-refractivity contribution in [2.24, 2.45) is 0 Å². The van der Waals surface area contributed by atoms with E-state index in [2.05, 4.69) is 31.2 Å². The second kappa shape index (κ2) is 6.72. The zero-order valence-corrected chi connectivity index (χ0v) is 15.4. The van der Waals surface area contributed by atoms with E-state index in [1.807, 2.05) is 31.2 Å². The van der Waals surface area contributed by atoms with Crippen molar-refractivity contribution < 1.29 is 9.21 Å². The molecule has 4 rings (SSSR count). The highest BCUT2D eigenvalue weighted by Crippen LogP contribution is 2.27. The Balaban J connectivity index is 1.62. The van der Waals surface area contributed by atoms with Crippen molar-refractivity contribution in [2.75, 3.05) is 5.32 Å². The summed E-state index contributed by atoms with van der Waals surface area (Å²) < 4.78 is 6.64. The number of fused-ring (bicyclic) bond motifs is 1. The highest BCUT2D eigenvalue weighted by molar-refractivity contribution is 9.10. The zero-order valence-electron chi connectivity index (χ0n) is 13.9. The Hall–Kier alpha value is -2.99. The molecule has 2 aromatic carbocycles. The lowest BCUT2D eigenvalue weighted by Gasteiger charge is -2.05. The number of carbonyl (C=O) groups excluding carboxylic acids is 1. The first-order valence-corrected chi connectivity index (χ1v) is 8.77. The molecule has 2 aromatic heterocycles. The van der Waals surface area contributed by atoms with Crippen molar-refractivity contribution in [1.29, 1.82) is 0 Å². The summed E-state index contributed by atoms with van der Waals surface area (Å²) in [5.74, 6) is 0.323. The number of anilines is 1. The third kappa shape index (κ3) is 3.36. The number of pyridine rings is 1. The summed E-state index contributed by atoms with van der Waals surface area (Å²) >= 11 is 3.39. The Morgan fingerprint density at radius 2 is 2.00 bits per heavy atom. The lowest BCUT2D eigenvalue weighted by atomic mass is 10.1. The van der Waals surface area contributed by atoms with Crippen LogP contribution in [0.5, 0.6) is 0 Å². The molecule has 6 heteroatoms. The fraction of sp³-hybridized carbons (Fsp3) is 0.0500. The van der Waals surface area contributed by atoms with Crippen LogP contribution in [0.25, 0.3) is 22.6 Å². The molecule has 0 radical (unpaired) electrons. The van der Waals surface area contributed by atoms with Crippen molar-refractivity contribution in [3.05, 3.63) is 76.5 Å². The van der Waals surface area contributed by atoms with Crippen LogP contribution in [0.3, 0.4) is 0 Å². The number of halogens is 1. The fourth-order valence-corrected chi connectivity index (χ4v) is 3.01. The number of nitrogens with one attached hydrogen (secondary N) is 1. The predicted molar refractivity (Wildman–Crippen MR) is 104 cm³/mol. The zero-order chi connectivity index (χ0) is 18.1. The lowest BCUT2D eigenvalue weighted by molar-refractivity contribution is 0.102. The largest absolute Gasteiger partial charge is 0.436 e. The number of amides is 1. The van der Waals surface area contributed by atoms with E-state index in [4.69, 9.17) is 4.42 Å². The van der Waals surface area contributed by atoms with Crippen LogP contribution in [0.2, 0.25) is 0 Å². The van der Waals surface area contributed by atoms with Gasteiger partial charge < -0.3 is 9.73 Å². The summed E-state index contributed by atoms with van der Waals surface area (Å²) in [5, 5.41) is 2.90. The summed E-state index contributed by atoms with van der Waals surface area (Å²) in [6, 6.07) is 14.7. The topological polar surface area (TPSA) is 68.0 Å². The number of rotatable bonds is 3. The van der Waals surface area contributed by atoms with Gasteiger partial charge in [-0.15, -0.1) is 0 Å². The molecule has 0 aliphatic rings. The average molecular weight is 408 g/mol. The van der Waals surface area contributed by atoms with Gasteiger partial charge in [0.1, 0.15) is 5.52 Å². The number of benzene rings is 2. The number of nitrogens with zero attached hydrogens (tertiary/aromatic N) is 2. The molecule has 0 unspecified atom stereocenters. The molecule has 128 valence electrons. The summed E-state index contributed by atoms with van der Waals surface area (Å²) in [6.45, 7) is 1.95. The molecular formula is C20H14BrN3O2. The van der Waals surface area contributed by atoms with Crippen LogP contribution >= 0.6 is 15.9 Å². The van der Waals surface area contributed by atoms with Gasteiger partial charge in [-0.25, -0.2) is 4.98 Å². The van der Waals surface area contributed by atoms with Crippen LogP contribution in [-0.2, 0) is 0 Å². The third-order valence-corrected chi connectivity index (χ3v) is 4.31. The fourth-order valence-electron chi connectivity index (χ4n) is 2.65. The maximum absolute atomic E-state index is 12.4. The maximum Gasteiger partial charge on any atom is 0.255 e. The minimum atomic E-state index is -0.159. The van der Waals surface area contributed by atoms with E-state index in [1.54, 1.807) is 36.7 Å². The smallest absolute Gasteiger partial charge is 0.255 e. The van der Waals surface area contributed by atoms with Crippen LogP contribution in [-0.4, -0.2) is 15.9 Å². The summed E-state index contributed by atoms with van der Waals surface area (Å²) in [4.78, 5) is 21.0. The minimum Gasteiger partial charge on any atom is -0.436 e. The monoisotopic (exact) mass is 407 g/mol. The quantitative estimate of drug-likeness (QED) is 0.505. The molecule has 0 bridgehead atoms. The van der Waals surface area contributed by atoms with Crippen LogP contribution in [0.4, 0.5) is 5.69 Å². The second-order valence-electron chi connectivity index (χ2n) is 5.92. The van der Waals surface area contributed by atoms with E-state index in [-0.39, 0.29) is 5.91 Å². The standard InChI is InChI=1S/C20H14BrN3O2/c1-12-3-2-4-13(7-12)19(25)23-16-5-6-18-17(9-16)24-20(26-18)14-8-15(21)11-22-10-14/h2-11H,1H3,(H,23,25). The molecule has 2 heterocycles. The lowest BCUT2D eigenvalue weighted by Crippen LogP contribution is -2.11. The van der Waals surface area contributed by atoms with Crippen LogP contribution in [0.15, 0.2) is 69.8 Å². The maximum atomic E-state index is 12.4. The van der Waals surface area contributed by atoms with Crippen LogP contribution in [0, 0.1) is 6.92 Å².